The fraction of sp³-hybridized carbons (Fsp3) is 0.125. The molecule has 0 aromatic heterocycles. The number of nitro benzene ring substituents is 2. The predicted octanol–water partition coefficient (Wildman–Crippen LogP) is 5.88. The summed E-state index contributed by atoms with van der Waals surface area (Å²) in [5, 5.41) is 21.7. The van der Waals surface area contributed by atoms with E-state index in [1.165, 1.54) is 48.5 Å². The number of nitrogens with zero attached hydrogens (tertiary/aromatic N) is 2. The molecule has 0 saturated heterocycles. The summed E-state index contributed by atoms with van der Waals surface area (Å²) >= 11 is 0. The summed E-state index contributed by atoms with van der Waals surface area (Å²) < 4.78 is 11.5. The molecule has 0 spiro atoms. The van der Waals surface area contributed by atoms with Gasteiger partial charge in [0.1, 0.15) is 36.6 Å². The molecular formula is C32H24N2O8. The molecule has 0 aliphatic rings. The van der Waals surface area contributed by atoms with Gasteiger partial charge in [0.15, 0.2) is 0 Å². The monoisotopic (exact) mass is 564 g/mol. The van der Waals surface area contributed by atoms with Crippen molar-refractivity contribution in [1.82, 2.24) is 0 Å². The summed E-state index contributed by atoms with van der Waals surface area (Å²) in [6.07, 6.45) is 0.636. The van der Waals surface area contributed by atoms with Gasteiger partial charge in [-0.15, -0.1) is 0 Å². The lowest BCUT2D eigenvalue weighted by molar-refractivity contribution is -0.385. The van der Waals surface area contributed by atoms with Crippen molar-refractivity contribution in [2.75, 3.05) is 13.2 Å². The van der Waals surface area contributed by atoms with Gasteiger partial charge in [0.2, 0.25) is 0 Å². The van der Waals surface area contributed by atoms with Crippen LogP contribution in [0.2, 0.25) is 0 Å². The molecule has 0 heterocycles. The van der Waals surface area contributed by atoms with Gasteiger partial charge >= 0.3 is 0 Å². The minimum Gasteiger partial charge on any atom is -0.490 e. The van der Waals surface area contributed by atoms with E-state index in [0.717, 1.165) is 11.1 Å². The zero-order valence-electron chi connectivity index (χ0n) is 22.2. The molecule has 4 aromatic rings. The summed E-state index contributed by atoms with van der Waals surface area (Å²) in [5.41, 5.74) is 3.55. The molecule has 0 bridgehead atoms. The second kappa shape index (κ2) is 14.0. The van der Waals surface area contributed by atoms with E-state index in [4.69, 9.17) is 9.47 Å². The van der Waals surface area contributed by atoms with Gasteiger partial charge in [0.05, 0.1) is 9.85 Å². The molecule has 0 radical (unpaired) electrons. The van der Waals surface area contributed by atoms with Crippen molar-refractivity contribution < 1.29 is 28.9 Å². The Hall–Kier alpha value is -5.82. The lowest BCUT2D eigenvalue weighted by Gasteiger charge is -2.10. The van der Waals surface area contributed by atoms with E-state index in [2.05, 4.69) is 0 Å². The van der Waals surface area contributed by atoms with E-state index >= 15 is 0 Å². The standard InChI is InChI=1S/C32H24N2O8/c35-21-27(25-5-9-29(10-6-25)33(37)38)19-23-1-13-31(14-2-23)41-17-18-42-32-15-3-24(4-16-32)20-28(22-36)26-7-11-30(12-8-26)34(39)40/h1-16H,17-20H2. The first-order valence-corrected chi connectivity index (χ1v) is 12.8. The maximum absolute atomic E-state index is 11.5. The van der Waals surface area contributed by atoms with E-state index in [9.17, 15) is 29.8 Å². The van der Waals surface area contributed by atoms with Crippen molar-refractivity contribution in [2.45, 2.75) is 12.8 Å². The molecule has 210 valence electrons. The van der Waals surface area contributed by atoms with Crippen LogP contribution in [0.25, 0.3) is 11.1 Å². The second-order valence-electron chi connectivity index (χ2n) is 9.11. The van der Waals surface area contributed by atoms with Gasteiger partial charge in [-0.3, -0.25) is 20.2 Å². The number of hydrogen-bond acceptors (Lipinski definition) is 8. The van der Waals surface area contributed by atoms with Gasteiger partial charge in [-0.25, -0.2) is 9.59 Å². The molecular weight excluding hydrogens is 540 g/mol. The molecule has 0 aliphatic carbocycles. The third-order valence-electron chi connectivity index (χ3n) is 6.33. The summed E-state index contributed by atoms with van der Waals surface area (Å²) in [7, 11) is 0. The molecule has 0 fully saturated rings. The van der Waals surface area contributed by atoms with Crippen LogP contribution in [0.1, 0.15) is 22.3 Å². The third kappa shape index (κ3) is 7.86. The van der Waals surface area contributed by atoms with Gasteiger partial charge in [-0.2, -0.15) is 0 Å². The highest BCUT2D eigenvalue weighted by molar-refractivity contribution is 5.89. The van der Waals surface area contributed by atoms with Crippen molar-refractivity contribution in [1.29, 1.82) is 0 Å². The number of ether oxygens (including phenoxy) is 2. The average molecular weight is 565 g/mol. The van der Waals surface area contributed by atoms with Crippen molar-refractivity contribution in [3.8, 4) is 11.5 Å². The average Bonchev–Trinajstić information content (AvgIpc) is 3.02. The summed E-state index contributed by atoms with van der Waals surface area (Å²) in [6.45, 7) is 0.586. The van der Waals surface area contributed by atoms with Gasteiger partial charge < -0.3 is 9.47 Å². The van der Waals surface area contributed by atoms with Crippen LogP contribution in [-0.4, -0.2) is 34.9 Å². The first-order chi connectivity index (χ1) is 20.4. The Labute approximate surface area is 240 Å². The van der Waals surface area contributed by atoms with Crippen molar-refractivity contribution in [3.05, 3.63) is 140 Å². The van der Waals surface area contributed by atoms with E-state index in [1.54, 1.807) is 24.3 Å². The number of allylic oxidation sites excluding steroid dienone is 2. The van der Waals surface area contributed by atoms with E-state index in [-0.39, 0.29) is 11.4 Å². The predicted molar refractivity (Wildman–Crippen MR) is 156 cm³/mol. The number of nitro groups is 2. The van der Waals surface area contributed by atoms with Crippen LogP contribution < -0.4 is 9.47 Å². The number of hydrogen-bond donors (Lipinski definition) is 0. The van der Waals surface area contributed by atoms with Gasteiger partial charge in [0.25, 0.3) is 11.4 Å². The molecule has 4 aromatic carbocycles. The van der Waals surface area contributed by atoms with Crippen LogP contribution in [0.5, 0.6) is 11.5 Å². The smallest absolute Gasteiger partial charge is 0.269 e. The summed E-state index contributed by atoms with van der Waals surface area (Å²) in [4.78, 5) is 43.6. The maximum Gasteiger partial charge on any atom is 0.269 e. The van der Waals surface area contributed by atoms with E-state index < -0.39 is 9.85 Å². The molecule has 0 unspecified atom stereocenters. The Morgan fingerprint density at radius 2 is 0.881 bits per heavy atom. The van der Waals surface area contributed by atoms with Gasteiger partial charge in [0, 0.05) is 48.3 Å². The Morgan fingerprint density at radius 1 is 0.548 bits per heavy atom. The van der Waals surface area contributed by atoms with Crippen LogP contribution in [0.3, 0.4) is 0 Å². The normalized spacial score (nSPS) is 10.2. The molecule has 10 nitrogen and oxygen atoms in total. The van der Waals surface area contributed by atoms with Crippen LogP contribution in [0.15, 0.2) is 97.1 Å². The molecule has 42 heavy (non-hydrogen) atoms. The molecule has 4 rings (SSSR count). The van der Waals surface area contributed by atoms with Crippen molar-refractivity contribution in [3.63, 3.8) is 0 Å². The minimum atomic E-state index is -0.495. The Kier molecular flexibility index (Phi) is 9.72. The molecule has 0 saturated carbocycles. The van der Waals surface area contributed by atoms with Crippen LogP contribution in [0.4, 0.5) is 11.4 Å². The highest BCUT2D eigenvalue weighted by atomic mass is 16.6. The fourth-order valence-electron chi connectivity index (χ4n) is 4.10. The quantitative estimate of drug-likeness (QED) is 0.0849. The minimum absolute atomic E-state index is 0.0473. The third-order valence-corrected chi connectivity index (χ3v) is 6.33. The Bertz CT molecular complexity index is 1520. The largest absolute Gasteiger partial charge is 0.490 e. The number of non-ortho nitro benzene ring substituents is 2. The Morgan fingerprint density at radius 3 is 1.17 bits per heavy atom. The summed E-state index contributed by atoms with van der Waals surface area (Å²) in [6, 6.07) is 26.0. The number of rotatable bonds is 13. The first-order valence-electron chi connectivity index (χ1n) is 12.8. The molecule has 0 aliphatic heterocycles. The van der Waals surface area contributed by atoms with E-state index in [0.29, 0.717) is 59.8 Å². The van der Waals surface area contributed by atoms with Crippen molar-refractivity contribution in [2.24, 2.45) is 0 Å². The second-order valence-corrected chi connectivity index (χ2v) is 9.11. The maximum atomic E-state index is 11.5. The Balaban J connectivity index is 1.23. The van der Waals surface area contributed by atoms with E-state index in [1.807, 2.05) is 36.1 Å². The van der Waals surface area contributed by atoms with Crippen LogP contribution in [-0.2, 0) is 22.4 Å². The fourth-order valence-corrected chi connectivity index (χ4v) is 4.10. The lowest BCUT2D eigenvalue weighted by atomic mass is 9.99. The van der Waals surface area contributed by atoms with Gasteiger partial charge in [-0.1, -0.05) is 24.3 Å². The molecule has 0 atom stereocenters. The van der Waals surface area contributed by atoms with Crippen LogP contribution >= 0.6 is 0 Å². The zero-order chi connectivity index (χ0) is 29.9. The SMILES string of the molecule is O=C=C(Cc1ccc(OCCOc2ccc(CC(=C=O)c3ccc([N+](=O)[O-])cc3)cc2)cc1)c1ccc([N+](=O)[O-])cc1. The first kappa shape index (κ1) is 29.2. The topological polar surface area (TPSA) is 139 Å². The highest BCUT2D eigenvalue weighted by Crippen LogP contribution is 2.23. The summed E-state index contributed by atoms with van der Waals surface area (Å²) in [5.74, 6) is 5.11. The zero-order valence-corrected chi connectivity index (χ0v) is 22.2. The molecule has 0 N–H and O–H groups in total. The van der Waals surface area contributed by atoms with Gasteiger partial charge in [-0.05, 0) is 70.8 Å². The van der Waals surface area contributed by atoms with Crippen LogP contribution in [0, 0.1) is 20.2 Å². The highest BCUT2D eigenvalue weighted by Gasteiger charge is 2.10. The number of benzene rings is 4. The lowest BCUT2D eigenvalue weighted by Crippen LogP contribution is -2.09. The molecule has 10 heteroatoms. The number of carbonyl (C=O) groups excluding carboxylic acids is 2. The van der Waals surface area contributed by atoms with Crippen molar-refractivity contribution >= 4 is 34.4 Å². The molecule has 0 amide bonds.